The maximum atomic E-state index is 8.75. The average Bonchev–Trinajstić information content (AvgIpc) is 3.45. The number of aromatic nitrogens is 2. The van der Waals surface area contributed by atoms with E-state index in [-0.39, 0.29) is 23.5 Å². The lowest BCUT2D eigenvalue weighted by molar-refractivity contribution is 0.917. The van der Waals surface area contributed by atoms with Gasteiger partial charge in [0.25, 0.3) is 0 Å². The van der Waals surface area contributed by atoms with Crippen LogP contribution in [0.1, 0.15) is 26.4 Å². The zero-order chi connectivity index (χ0) is 33.4. The predicted octanol–water partition coefficient (Wildman–Crippen LogP) is 9.23. The maximum absolute atomic E-state index is 8.75. The Hall–Kier alpha value is -4.69. The van der Waals surface area contributed by atoms with Crippen molar-refractivity contribution in [2.75, 3.05) is 0 Å². The number of para-hydroxylation sites is 2. The molecule has 0 spiro atoms. The molecule has 0 radical (unpaired) electrons. The number of rotatable bonds is 4. The summed E-state index contributed by atoms with van der Waals surface area (Å²) in [6.45, 7) is -2.99. The second kappa shape index (κ2) is 8.76. The molecule has 2 nitrogen and oxygen atoms in total. The number of fused-ring (bicyclic) bond motifs is 3. The van der Waals surface area contributed by atoms with E-state index < -0.39 is 31.4 Å². The first kappa shape index (κ1) is 13.6. The molecule has 0 aliphatic rings. The first-order valence-electron chi connectivity index (χ1n) is 16.9. The summed E-state index contributed by atoms with van der Waals surface area (Å²) in [5.41, 5.74) is 3.93. The van der Waals surface area contributed by atoms with Crippen molar-refractivity contribution in [2.45, 2.75) is 13.2 Å². The molecule has 7 aromatic rings. The summed E-state index contributed by atoms with van der Waals surface area (Å²) in [5, 5.41) is 3.16. The SMILES string of the molecule is [2H]c1c([2H])c([2H])c(-c2ccc(-c3c4ccccc4c(-n4c(C([2H])([2H])C([2H])([2H])[2H])nc5ccccc54)c4ccccc34)cc2)c([2H])c1[2H]. The second-order valence-corrected chi connectivity index (χ2v) is 8.78. The van der Waals surface area contributed by atoms with Gasteiger partial charge in [0.05, 0.1) is 23.6 Å². The van der Waals surface area contributed by atoms with E-state index in [1.165, 1.54) is 0 Å². The highest BCUT2D eigenvalue weighted by molar-refractivity contribution is 6.18. The number of benzene rings is 6. The number of hydrogen-bond donors (Lipinski definition) is 0. The molecular weight excluding hydrogens is 448 g/mol. The normalized spacial score (nSPS) is 16.1. The van der Waals surface area contributed by atoms with Crippen molar-refractivity contribution in [1.29, 1.82) is 0 Å². The van der Waals surface area contributed by atoms with E-state index in [9.17, 15) is 0 Å². The Labute approximate surface area is 230 Å². The summed E-state index contributed by atoms with van der Waals surface area (Å²) in [5.74, 6) is -0.218. The van der Waals surface area contributed by atoms with Crippen LogP contribution in [0.3, 0.4) is 0 Å². The van der Waals surface area contributed by atoms with Gasteiger partial charge in [-0.1, -0.05) is 122 Å². The first-order chi connectivity index (χ1) is 22.3. The molecule has 6 aromatic carbocycles. The fourth-order valence-electron chi connectivity index (χ4n) is 5.19. The quantitative estimate of drug-likeness (QED) is 0.228. The van der Waals surface area contributed by atoms with Crippen LogP contribution >= 0.6 is 0 Å². The summed E-state index contributed by atoms with van der Waals surface area (Å²) in [6.07, 6.45) is -2.77. The lowest BCUT2D eigenvalue weighted by Gasteiger charge is -2.19. The van der Waals surface area contributed by atoms with E-state index in [1.54, 1.807) is 34.9 Å². The molecule has 0 bridgehead atoms. The van der Waals surface area contributed by atoms with Gasteiger partial charge in [0, 0.05) is 24.0 Å². The molecule has 0 N–H and O–H groups in total. The average molecular weight is 485 g/mol. The van der Waals surface area contributed by atoms with Gasteiger partial charge >= 0.3 is 0 Å². The van der Waals surface area contributed by atoms with Gasteiger partial charge in [-0.2, -0.15) is 0 Å². The molecule has 1 heterocycles. The lowest BCUT2D eigenvalue weighted by atomic mass is 9.89. The van der Waals surface area contributed by atoms with Crippen LogP contribution < -0.4 is 0 Å². The Morgan fingerprint density at radius 1 is 0.676 bits per heavy atom. The van der Waals surface area contributed by atoms with Crippen LogP contribution in [0, 0.1) is 0 Å². The Kier molecular flexibility index (Phi) is 3.21. The number of hydrogen-bond acceptors (Lipinski definition) is 1. The Morgan fingerprint density at radius 2 is 1.27 bits per heavy atom. The van der Waals surface area contributed by atoms with Crippen molar-refractivity contribution in [3.8, 4) is 27.9 Å². The van der Waals surface area contributed by atoms with Crippen LogP contribution in [-0.4, -0.2) is 9.55 Å². The fourth-order valence-corrected chi connectivity index (χ4v) is 5.19. The Morgan fingerprint density at radius 3 is 1.95 bits per heavy atom. The van der Waals surface area contributed by atoms with Crippen LogP contribution in [0.15, 0.2) is 127 Å². The topological polar surface area (TPSA) is 17.8 Å². The zero-order valence-electron chi connectivity index (χ0n) is 29.6. The molecule has 0 aliphatic carbocycles. The summed E-state index contributed by atoms with van der Waals surface area (Å²) >= 11 is 0. The summed E-state index contributed by atoms with van der Waals surface area (Å²) in [4.78, 5) is 4.55. The summed E-state index contributed by atoms with van der Waals surface area (Å²) in [6, 6.07) is 27.9. The number of imidazole rings is 1. The molecule has 0 aliphatic heterocycles. The van der Waals surface area contributed by atoms with Crippen LogP contribution in [0.5, 0.6) is 0 Å². The minimum Gasteiger partial charge on any atom is -0.295 e. The molecule has 7 rings (SSSR count). The van der Waals surface area contributed by atoms with Crippen LogP contribution in [0.2, 0.25) is 0 Å². The highest BCUT2D eigenvalue weighted by atomic mass is 15.1. The van der Waals surface area contributed by atoms with E-state index in [2.05, 4.69) is 4.98 Å². The molecular formula is C35H26N2. The molecule has 0 saturated heterocycles. The highest BCUT2D eigenvalue weighted by Gasteiger charge is 2.20. The van der Waals surface area contributed by atoms with Crippen molar-refractivity contribution in [3.63, 3.8) is 0 Å². The van der Waals surface area contributed by atoms with Gasteiger partial charge in [0.1, 0.15) is 5.82 Å². The van der Waals surface area contributed by atoms with Crippen molar-refractivity contribution in [3.05, 3.63) is 133 Å². The van der Waals surface area contributed by atoms with Crippen LogP contribution in [-0.2, 0) is 6.37 Å². The predicted molar refractivity (Wildman–Crippen MR) is 156 cm³/mol. The van der Waals surface area contributed by atoms with Gasteiger partial charge in [0.2, 0.25) is 0 Å². The van der Waals surface area contributed by atoms with Crippen LogP contribution in [0.25, 0.3) is 60.5 Å². The first-order valence-corrected chi connectivity index (χ1v) is 11.9. The van der Waals surface area contributed by atoms with Crippen molar-refractivity contribution in [1.82, 2.24) is 9.55 Å². The third-order valence-electron chi connectivity index (χ3n) is 6.76. The molecule has 0 saturated carbocycles. The largest absolute Gasteiger partial charge is 0.295 e. The van der Waals surface area contributed by atoms with E-state index in [1.807, 2.05) is 66.7 Å². The third-order valence-corrected chi connectivity index (χ3v) is 6.76. The van der Waals surface area contributed by atoms with E-state index in [0.29, 0.717) is 22.3 Å². The molecule has 0 unspecified atom stereocenters. The third kappa shape index (κ3) is 3.45. The smallest absolute Gasteiger partial charge is 0.114 e. The van der Waals surface area contributed by atoms with E-state index in [4.69, 9.17) is 13.7 Å². The summed E-state index contributed by atoms with van der Waals surface area (Å²) in [7, 11) is 0. The van der Waals surface area contributed by atoms with Gasteiger partial charge < -0.3 is 0 Å². The Bertz CT molecular complexity index is 2290. The van der Waals surface area contributed by atoms with Gasteiger partial charge in [0.15, 0.2) is 0 Å². The molecule has 0 amide bonds. The van der Waals surface area contributed by atoms with Gasteiger partial charge in [-0.25, -0.2) is 4.98 Å². The molecule has 37 heavy (non-hydrogen) atoms. The summed E-state index contributed by atoms with van der Waals surface area (Å²) < 4.78 is 84.3. The zero-order valence-corrected chi connectivity index (χ0v) is 19.6. The second-order valence-electron chi connectivity index (χ2n) is 8.78. The van der Waals surface area contributed by atoms with E-state index in [0.717, 1.165) is 32.7 Å². The fraction of sp³-hybridized carbons (Fsp3) is 0.0571. The monoisotopic (exact) mass is 484 g/mol. The minimum absolute atomic E-state index is 0.121. The number of aryl methyl sites for hydroxylation is 1. The van der Waals surface area contributed by atoms with Crippen molar-refractivity contribution >= 4 is 32.6 Å². The lowest BCUT2D eigenvalue weighted by Crippen LogP contribution is -2.03. The maximum Gasteiger partial charge on any atom is 0.114 e. The molecule has 1 aromatic heterocycles. The van der Waals surface area contributed by atoms with Gasteiger partial charge in [-0.05, 0) is 45.2 Å². The standard InChI is InChI=1S/C35H26N2/c1-2-33-36-31-18-10-11-19-32(31)37(33)35-29-16-8-6-14-27(29)34(28-15-7-9-17-30(28)35)26-22-20-25(21-23-26)24-12-4-3-5-13-24/h3-23H,2H2,1H3/i1D3,2D2,3D,4D,5D,12D,13D. The van der Waals surface area contributed by atoms with Gasteiger partial charge in [-0.3, -0.25) is 4.57 Å². The minimum atomic E-state index is -2.99. The van der Waals surface area contributed by atoms with Crippen LogP contribution in [0.4, 0.5) is 0 Å². The molecule has 0 atom stereocenters. The van der Waals surface area contributed by atoms with Gasteiger partial charge in [-0.15, -0.1) is 0 Å². The number of nitrogens with zero attached hydrogens (tertiary/aromatic N) is 2. The molecule has 0 fully saturated rings. The van der Waals surface area contributed by atoms with Crippen molar-refractivity contribution < 1.29 is 13.7 Å². The molecule has 2 heteroatoms. The highest BCUT2D eigenvalue weighted by Crippen LogP contribution is 2.42. The molecule has 176 valence electrons. The van der Waals surface area contributed by atoms with Crippen molar-refractivity contribution in [2.24, 2.45) is 0 Å². The Balaban J connectivity index is 1.53. The van der Waals surface area contributed by atoms with E-state index >= 15 is 0 Å².